The molecule has 0 heterocycles. The van der Waals surface area contributed by atoms with E-state index in [-0.39, 0.29) is 5.97 Å². The van der Waals surface area contributed by atoms with Crippen molar-refractivity contribution in [2.45, 2.75) is 104 Å². The maximum atomic E-state index is 12.8. The molecule has 0 saturated heterocycles. The summed E-state index contributed by atoms with van der Waals surface area (Å²) in [7, 11) is -2.17. The molecule has 0 aromatic heterocycles. The number of carbonyl (C=O) groups is 1. The molecule has 0 unspecified atom stereocenters. The number of phosphoric ester groups is 1. The summed E-state index contributed by atoms with van der Waals surface area (Å²) in [6.45, 7) is 11.3. The highest BCUT2D eigenvalue weighted by Gasteiger charge is 2.36. The fourth-order valence-electron chi connectivity index (χ4n) is 2.28. The third-order valence-corrected chi connectivity index (χ3v) is 5.32. The van der Waals surface area contributed by atoms with E-state index in [1.807, 2.05) is 41.5 Å². The highest BCUT2D eigenvalue weighted by Crippen LogP contribution is 2.55. The minimum Gasteiger partial charge on any atom is -0.469 e. The minimum absolute atomic E-state index is 0.137. The number of carbonyl (C=O) groups excluding carboxylic acids is 1. The van der Waals surface area contributed by atoms with E-state index in [0.29, 0.717) is 13.0 Å². The molecule has 0 rings (SSSR count). The Kier molecular flexibility index (Phi) is 11.9. The maximum Gasteiger partial charge on any atom is 0.475 e. The van der Waals surface area contributed by atoms with Gasteiger partial charge in [0.2, 0.25) is 0 Å². The van der Waals surface area contributed by atoms with Crippen molar-refractivity contribution in [3.8, 4) is 0 Å². The van der Waals surface area contributed by atoms with Crippen LogP contribution < -0.4 is 0 Å². The number of unbranched alkanes of at least 4 members (excludes halogenated alkanes) is 6. The van der Waals surface area contributed by atoms with E-state index in [1.165, 1.54) is 7.11 Å². The summed E-state index contributed by atoms with van der Waals surface area (Å²) in [4.78, 5) is 11.0. The largest absolute Gasteiger partial charge is 0.475 e. The Bertz CT molecular complexity index is 416. The van der Waals surface area contributed by atoms with E-state index in [0.717, 1.165) is 44.9 Å². The lowest BCUT2D eigenvalue weighted by Gasteiger charge is -2.30. The number of hydrogen-bond acceptors (Lipinski definition) is 6. The number of ether oxygens (including phenoxy) is 1. The predicted octanol–water partition coefficient (Wildman–Crippen LogP) is 6.04. The number of phosphoric acid groups is 1. The van der Waals surface area contributed by atoms with Gasteiger partial charge in [-0.3, -0.25) is 18.4 Å². The van der Waals surface area contributed by atoms with Crippen molar-refractivity contribution in [3.63, 3.8) is 0 Å². The molecule has 0 spiro atoms. The van der Waals surface area contributed by atoms with Gasteiger partial charge in [-0.25, -0.2) is 4.57 Å². The summed E-state index contributed by atoms with van der Waals surface area (Å²) in [5.74, 6) is -0.137. The number of hydrogen-bond donors (Lipinski definition) is 0. The Morgan fingerprint density at radius 1 is 0.769 bits per heavy atom. The van der Waals surface area contributed by atoms with Crippen LogP contribution in [-0.2, 0) is 27.7 Å². The van der Waals surface area contributed by atoms with Crippen molar-refractivity contribution in [2.75, 3.05) is 13.7 Å². The highest BCUT2D eigenvalue weighted by molar-refractivity contribution is 7.48. The monoisotopic (exact) mass is 394 g/mol. The SMILES string of the molecule is COC(=O)CCCCCCCCCOP(=O)(OC(C)(C)C)OC(C)(C)C. The quantitative estimate of drug-likeness (QED) is 0.216. The molecule has 0 N–H and O–H groups in total. The first-order chi connectivity index (χ1) is 11.9. The summed E-state index contributed by atoms with van der Waals surface area (Å²) >= 11 is 0. The average molecular weight is 394 g/mol. The van der Waals surface area contributed by atoms with Gasteiger partial charge in [0.15, 0.2) is 0 Å². The van der Waals surface area contributed by atoms with Crippen molar-refractivity contribution in [1.29, 1.82) is 0 Å². The van der Waals surface area contributed by atoms with E-state index in [2.05, 4.69) is 4.74 Å². The van der Waals surface area contributed by atoms with Crippen LogP contribution in [0.4, 0.5) is 0 Å². The number of rotatable bonds is 13. The summed E-state index contributed by atoms with van der Waals surface area (Å²) in [6.07, 6.45) is 7.56. The molecule has 7 heteroatoms. The molecule has 0 amide bonds. The summed E-state index contributed by atoms with van der Waals surface area (Å²) in [5, 5.41) is 0. The second-order valence-electron chi connectivity index (χ2n) is 8.49. The molecule has 6 nitrogen and oxygen atoms in total. The summed E-state index contributed by atoms with van der Waals surface area (Å²) in [5.41, 5.74) is -1.21. The van der Waals surface area contributed by atoms with Crippen molar-refractivity contribution >= 4 is 13.8 Å². The molecule has 0 saturated carbocycles. The molecule has 156 valence electrons. The van der Waals surface area contributed by atoms with Crippen LogP contribution >= 0.6 is 7.82 Å². The molecule has 0 aliphatic heterocycles. The van der Waals surface area contributed by atoms with Crippen LogP contribution in [0.25, 0.3) is 0 Å². The van der Waals surface area contributed by atoms with Crippen LogP contribution in [0.5, 0.6) is 0 Å². The molecule has 26 heavy (non-hydrogen) atoms. The first-order valence-corrected chi connectivity index (χ1v) is 11.1. The van der Waals surface area contributed by atoms with E-state index in [9.17, 15) is 9.36 Å². The van der Waals surface area contributed by atoms with E-state index < -0.39 is 19.0 Å². The van der Waals surface area contributed by atoms with Crippen LogP contribution in [0.1, 0.15) is 92.9 Å². The zero-order valence-electron chi connectivity index (χ0n) is 17.8. The van der Waals surface area contributed by atoms with Crippen molar-refractivity contribution < 1.29 is 27.7 Å². The van der Waals surface area contributed by atoms with Gasteiger partial charge in [-0.1, -0.05) is 32.1 Å². The normalized spacial score (nSPS) is 13.0. The minimum atomic E-state index is -3.59. The highest BCUT2D eigenvalue weighted by atomic mass is 31.2. The van der Waals surface area contributed by atoms with Crippen molar-refractivity contribution in [3.05, 3.63) is 0 Å². The van der Waals surface area contributed by atoms with E-state index in [1.54, 1.807) is 0 Å². The van der Waals surface area contributed by atoms with Gasteiger partial charge in [-0.2, -0.15) is 0 Å². The Morgan fingerprint density at radius 3 is 1.62 bits per heavy atom. The van der Waals surface area contributed by atoms with Gasteiger partial charge in [0, 0.05) is 6.42 Å². The third kappa shape index (κ3) is 15.8. The molecular formula is C19H39O6P. The molecule has 0 radical (unpaired) electrons. The average Bonchev–Trinajstić information content (AvgIpc) is 2.44. The predicted molar refractivity (Wildman–Crippen MR) is 104 cm³/mol. The zero-order chi connectivity index (χ0) is 20.3. The fraction of sp³-hybridized carbons (Fsp3) is 0.947. The van der Waals surface area contributed by atoms with Gasteiger partial charge in [-0.15, -0.1) is 0 Å². The van der Waals surface area contributed by atoms with Crippen LogP contribution in [0.3, 0.4) is 0 Å². The standard InChI is InChI=1S/C19H39O6P/c1-18(2,3)24-26(21,25-19(4,5)6)23-16-14-12-10-8-9-11-13-15-17(20)22-7/h8-16H2,1-7H3. The van der Waals surface area contributed by atoms with Crippen LogP contribution in [0.15, 0.2) is 0 Å². The smallest absolute Gasteiger partial charge is 0.469 e. The Balaban J connectivity index is 3.96. The second-order valence-corrected chi connectivity index (χ2v) is 10.0. The molecule has 0 aliphatic rings. The van der Waals surface area contributed by atoms with Crippen molar-refractivity contribution in [2.24, 2.45) is 0 Å². The third-order valence-electron chi connectivity index (χ3n) is 3.27. The van der Waals surface area contributed by atoms with Crippen LogP contribution in [-0.4, -0.2) is 30.9 Å². The molecule has 0 bridgehead atoms. The lowest BCUT2D eigenvalue weighted by atomic mass is 10.1. The summed E-state index contributed by atoms with van der Waals surface area (Å²) < 4.78 is 34.1. The zero-order valence-corrected chi connectivity index (χ0v) is 18.7. The van der Waals surface area contributed by atoms with Gasteiger partial charge < -0.3 is 4.74 Å². The van der Waals surface area contributed by atoms with Crippen molar-refractivity contribution in [1.82, 2.24) is 0 Å². The van der Waals surface area contributed by atoms with Gasteiger partial charge in [0.1, 0.15) is 0 Å². The first kappa shape index (κ1) is 25.6. The molecule has 0 aromatic rings. The van der Waals surface area contributed by atoms with E-state index >= 15 is 0 Å². The van der Waals surface area contributed by atoms with Gasteiger partial charge in [0.25, 0.3) is 0 Å². The topological polar surface area (TPSA) is 71.1 Å². The lowest BCUT2D eigenvalue weighted by Crippen LogP contribution is -2.24. The molecule has 0 aromatic carbocycles. The molecule has 0 aliphatic carbocycles. The Morgan fingerprint density at radius 2 is 1.19 bits per heavy atom. The second kappa shape index (κ2) is 12.1. The summed E-state index contributed by atoms with van der Waals surface area (Å²) in [6, 6.07) is 0. The van der Waals surface area contributed by atoms with Crippen LogP contribution in [0.2, 0.25) is 0 Å². The first-order valence-electron chi connectivity index (χ1n) is 9.60. The molecule has 0 atom stereocenters. The van der Waals surface area contributed by atoms with Crippen LogP contribution in [0, 0.1) is 0 Å². The molecular weight excluding hydrogens is 355 g/mol. The Hall–Kier alpha value is -0.420. The molecule has 0 fully saturated rings. The van der Waals surface area contributed by atoms with Gasteiger partial charge in [-0.05, 0) is 54.4 Å². The number of methoxy groups -OCH3 is 1. The maximum absolute atomic E-state index is 12.8. The number of esters is 1. The lowest BCUT2D eigenvalue weighted by molar-refractivity contribution is -0.140. The van der Waals surface area contributed by atoms with E-state index in [4.69, 9.17) is 13.6 Å². The Labute approximate surface area is 159 Å². The van der Waals surface area contributed by atoms with Gasteiger partial charge >= 0.3 is 13.8 Å². The fourth-order valence-corrected chi connectivity index (χ4v) is 4.11. The van der Waals surface area contributed by atoms with Gasteiger partial charge in [0.05, 0.1) is 24.9 Å².